The maximum Gasteiger partial charge on any atom is 0.242 e. The molecule has 1 saturated heterocycles. The normalized spacial score (nSPS) is 21.4. The van der Waals surface area contributed by atoms with E-state index >= 15 is 0 Å². The number of nitrogens with two attached hydrogens (primary N) is 2. The maximum atomic E-state index is 12.5. The molecule has 6 atom stereocenters. The first-order valence-corrected chi connectivity index (χ1v) is 10.3. The second kappa shape index (κ2) is 12.6. The van der Waals surface area contributed by atoms with Crippen molar-refractivity contribution in [1.29, 1.82) is 0 Å². The van der Waals surface area contributed by atoms with Crippen LogP contribution in [0.3, 0.4) is 0 Å². The fourth-order valence-electron chi connectivity index (χ4n) is 3.40. The summed E-state index contributed by atoms with van der Waals surface area (Å²) in [5.74, 6) is -1.84. The van der Waals surface area contributed by atoms with Gasteiger partial charge in [-0.15, -0.1) is 0 Å². The van der Waals surface area contributed by atoms with Gasteiger partial charge in [-0.2, -0.15) is 0 Å². The number of aliphatic hydroxyl groups excluding tert-OH is 2. The molecule has 0 spiro atoms. The van der Waals surface area contributed by atoms with Gasteiger partial charge >= 0.3 is 0 Å². The molecule has 1 aliphatic rings. The largest absolute Gasteiger partial charge is 0.391 e. The van der Waals surface area contributed by atoms with Gasteiger partial charge in [0.1, 0.15) is 24.4 Å². The number of hydrogen-bond acceptors (Lipinski definition) is 8. The summed E-state index contributed by atoms with van der Waals surface area (Å²) in [5, 5.41) is 24.6. The van der Waals surface area contributed by atoms with Gasteiger partial charge in [-0.1, -0.05) is 0 Å². The molecule has 1 heterocycles. The van der Waals surface area contributed by atoms with Crippen molar-refractivity contribution in [2.75, 3.05) is 19.6 Å². The standard InChI is InChI=1S/C19H35N5O6/c1-11(26)15(20)19(30)24-8-4-6-14(24)18(29)22-7-3-5-13(10-25)9-23-16(12(2)27)17(21)28/h10-16,23,26-27H,3-9,20H2,1-2H3,(H2,21,28)(H,22,29). The number of amides is 3. The van der Waals surface area contributed by atoms with Crippen molar-refractivity contribution in [3.8, 4) is 0 Å². The predicted octanol–water partition coefficient (Wildman–Crippen LogP) is -2.78. The lowest BCUT2D eigenvalue weighted by atomic mass is 10.0. The van der Waals surface area contributed by atoms with E-state index in [0.717, 1.165) is 6.29 Å². The van der Waals surface area contributed by atoms with Gasteiger partial charge in [0, 0.05) is 25.6 Å². The van der Waals surface area contributed by atoms with Gasteiger partial charge in [0.25, 0.3) is 0 Å². The fraction of sp³-hybridized carbons (Fsp3) is 0.789. The zero-order valence-corrected chi connectivity index (χ0v) is 17.6. The Kier molecular flexibility index (Phi) is 10.9. The fourth-order valence-corrected chi connectivity index (χ4v) is 3.40. The number of rotatable bonds is 13. The number of aliphatic hydroxyl groups is 2. The van der Waals surface area contributed by atoms with Crippen molar-refractivity contribution in [3.05, 3.63) is 0 Å². The summed E-state index contributed by atoms with van der Waals surface area (Å²) in [6.07, 6.45) is 0.956. The molecule has 30 heavy (non-hydrogen) atoms. The molecule has 0 aromatic rings. The van der Waals surface area contributed by atoms with Crippen LogP contribution in [0.25, 0.3) is 0 Å². The second-order valence-electron chi connectivity index (χ2n) is 7.81. The van der Waals surface area contributed by atoms with E-state index in [1.807, 2.05) is 0 Å². The molecule has 11 nitrogen and oxygen atoms in total. The molecule has 172 valence electrons. The van der Waals surface area contributed by atoms with Crippen LogP contribution < -0.4 is 22.1 Å². The van der Waals surface area contributed by atoms with Gasteiger partial charge in [-0.3, -0.25) is 14.4 Å². The molecule has 0 bridgehead atoms. The minimum Gasteiger partial charge on any atom is -0.391 e. The lowest BCUT2D eigenvalue weighted by Gasteiger charge is -2.27. The first-order valence-electron chi connectivity index (χ1n) is 10.3. The third kappa shape index (κ3) is 7.63. The van der Waals surface area contributed by atoms with Crippen molar-refractivity contribution < 1.29 is 29.4 Å². The highest BCUT2D eigenvalue weighted by Gasteiger charge is 2.37. The van der Waals surface area contributed by atoms with Crippen molar-refractivity contribution in [1.82, 2.24) is 15.5 Å². The zero-order valence-electron chi connectivity index (χ0n) is 17.6. The van der Waals surface area contributed by atoms with E-state index in [-0.39, 0.29) is 12.5 Å². The van der Waals surface area contributed by atoms with Gasteiger partial charge in [0.05, 0.1) is 12.2 Å². The van der Waals surface area contributed by atoms with Gasteiger partial charge in [-0.05, 0) is 39.5 Å². The van der Waals surface area contributed by atoms with Crippen LogP contribution in [0.4, 0.5) is 0 Å². The second-order valence-corrected chi connectivity index (χ2v) is 7.81. The van der Waals surface area contributed by atoms with E-state index in [2.05, 4.69) is 10.6 Å². The molecule has 11 heteroatoms. The summed E-state index contributed by atoms with van der Waals surface area (Å²) < 4.78 is 0. The first-order chi connectivity index (χ1) is 14.1. The Morgan fingerprint density at radius 3 is 2.43 bits per heavy atom. The van der Waals surface area contributed by atoms with E-state index in [0.29, 0.717) is 38.8 Å². The maximum absolute atomic E-state index is 12.5. The lowest BCUT2D eigenvalue weighted by Crippen LogP contribution is -2.54. The van der Waals surface area contributed by atoms with E-state index in [1.54, 1.807) is 0 Å². The average molecular weight is 430 g/mol. The van der Waals surface area contributed by atoms with E-state index in [9.17, 15) is 29.4 Å². The molecule has 1 aliphatic heterocycles. The Balaban J connectivity index is 2.43. The van der Waals surface area contributed by atoms with Crippen molar-refractivity contribution in [2.45, 2.75) is 69.9 Å². The van der Waals surface area contributed by atoms with Crippen LogP contribution in [-0.4, -0.2) is 89.1 Å². The molecule has 0 saturated carbocycles. The van der Waals surface area contributed by atoms with Crippen molar-refractivity contribution in [2.24, 2.45) is 17.4 Å². The van der Waals surface area contributed by atoms with E-state index < -0.39 is 48.1 Å². The Morgan fingerprint density at radius 2 is 1.90 bits per heavy atom. The number of carbonyl (C=O) groups is 4. The smallest absolute Gasteiger partial charge is 0.242 e. The highest BCUT2D eigenvalue weighted by Crippen LogP contribution is 2.19. The molecule has 0 aliphatic carbocycles. The molecule has 1 rings (SSSR count). The van der Waals surface area contributed by atoms with Gasteiger partial charge in [0.2, 0.25) is 17.7 Å². The summed E-state index contributed by atoms with van der Waals surface area (Å²) in [7, 11) is 0. The molecule has 6 unspecified atom stereocenters. The lowest BCUT2D eigenvalue weighted by molar-refractivity contribution is -0.141. The molecular formula is C19H35N5O6. The van der Waals surface area contributed by atoms with Crippen LogP contribution in [-0.2, 0) is 19.2 Å². The number of carbonyl (C=O) groups excluding carboxylic acids is 4. The third-order valence-electron chi connectivity index (χ3n) is 5.28. The average Bonchev–Trinajstić information content (AvgIpc) is 3.17. The molecular weight excluding hydrogens is 394 g/mol. The quantitative estimate of drug-likeness (QED) is 0.134. The van der Waals surface area contributed by atoms with E-state index in [1.165, 1.54) is 18.7 Å². The third-order valence-corrected chi connectivity index (χ3v) is 5.28. The number of aldehydes is 1. The van der Waals surface area contributed by atoms with Crippen LogP contribution in [0.2, 0.25) is 0 Å². The molecule has 0 aromatic heterocycles. The summed E-state index contributed by atoms with van der Waals surface area (Å²) in [4.78, 5) is 48.7. The van der Waals surface area contributed by atoms with Crippen LogP contribution in [0, 0.1) is 5.92 Å². The van der Waals surface area contributed by atoms with Crippen molar-refractivity contribution >= 4 is 24.0 Å². The number of nitrogens with one attached hydrogen (secondary N) is 2. The summed E-state index contributed by atoms with van der Waals surface area (Å²) >= 11 is 0. The number of nitrogens with zero attached hydrogens (tertiary/aromatic N) is 1. The Morgan fingerprint density at radius 1 is 1.23 bits per heavy atom. The minimum absolute atomic E-state index is 0.179. The highest BCUT2D eigenvalue weighted by molar-refractivity contribution is 5.90. The monoisotopic (exact) mass is 429 g/mol. The Bertz CT molecular complexity index is 600. The summed E-state index contributed by atoms with van der Waals surface area (Å²) in [5.41, 5.74) is 10.9. The summed E-state index contributed by atoms with van der Waals surface area (Å²) in [6, 6.07) is -2.62. The number of likely N-dealkylation sites (tertiary alicyclic amines) is 1. The Hall–Kier alpha value is -2.08. The zero-order chi connectivity index (χ0) is 22.8. The Labute approximate surface area is 176 Å². The number of hydrogen-bond donors (Lipinski definition) is 6. The van der Waals surface area contributed by atoms with Crippen molar-refractivity contribution in [3.63, 3.8) is 0 Å². The molecule has 8 N–H and O–H groups in total. The van der Waals surface area contributed by atoms with Crippen LogP contribution in [0.5, 0.6) is 0 Å². The van der Waals surface area contributed by atoms with Gasteiger partial charge < -0.3 is 42.0 Å². The minimum atomic E-state index is -1.06. The molecule has 1 fully saturated rings. The molecule has 3 amide bonds. The number of primary amides is 1. The van der Waals surface area contributed by atoms with Crippen LogP contribution >= 0.6 is 0 Å². The highest BCUT2D eigenvalue weighted by atomic mass is 16.3. The van der Waals surface area contributed by atoms with Gasteiger partial charge in [-0.25, -0.2) is 0 Å². The molecule has 0 aromatic carbocycles. The first kappa shape index (κ1) is 26.0. The predicted molar refractivity (Wildman–Crippen MR) is 109 cm³/mol. The van der Waals surface area contributed by atoms with Crippen LogP contribution in [0.15, 0.2) is 0 Å². The summed E-state index contributed by atoms with van der Waals surface area (Å²) in [6.45, 7) is 3.77. The molecule has 0 radical (unpaired) electrons. The van der Waals surface area contributed by atoms with Crippen LogP contribution in [0.1, 0.15) is 39.5 Å². The topological polar surface area (TPSA) is 188 Å². The van der Waals surface area contributed by atoms with Gasteiger partial charge in [0.15, 0.2) is 0 Å². The SMILES string of the molecule is CC(O)C(N)C(=O)N1CCCC1C(=O)NCCCC(C=O)CNC(C(N)=O)C(C)O. The van der Waals surface area contributed by atoms with E-state index in [4.69, 9.17) is 11.5 Å².